The zero-order chi connectivity index (χ0) is 16.5. The molecule has 1 aromatic heterocycles. The van der Waals surface area contributed by atoms with E-state index in [0.717, 1.165) is 45.4 Å². The van der Waals surface area contributed by atoms with E-state index >= 15 is 0 Å². The van der Waals surface area contributed by atoms with Gasteiger partial charge < -0.3 is 4.74 Å². The van der Waals surface area contributed by atoms with Gasteiger partial charge in [0.25, 0.3) is 5.91 Å². The van der Waals surface area contributed by atoms with Crippen LogP contribution in [0.4, 0.5) is 0 Å². The monoisotopic (exact) mass is 334 g/mol. The van der Waals surface area contributed by atoms with Crippen molar-refractivity contribution < 1.29 is 14.4 Å². The third-order valence-electron chi connectivity index (χ3n) is 5.36. The lowest BCUT2D eigenvalue weighted by molar-refractivity contribution is -0.204. The second-order valence-corrected chi connectivity index (χ2v) is 7.13. The molecule has 0 aromatic carbocycles. The molecule has 132 valence electrons. The van der Waals surface area contributed by atoms with Gasteiger partial charge in [-0.25, -0.2) is 5.06 Å². The Hall–Kier alpha value is -1.44. The number of carbonyl (C=O) groups is 1. The van der Waals surface area contributed by atoms with Gasteiger partial charge in [0, 0.05) is 51.1 Å². The molecular formula is C17H26N4O3. The maximum Gasteiger partial charge on any atom is 0.250 e. The van der Waals surface area contributed by atoms with E-state index < -0.39 is 0 Å². The van der Waals surface area contributed by atoms with E-state index in [4.69, 9.17) is 9.57 Å². The smallest absolute Gasteiger partial charge is 0.250 e. The van der Waals surface area contributed by atoms with Crippen LogP contribution < -0.4 is 0 Å². The molecule has 3 aliphatic rings. The van der Waals surface area contributed by atoms with Gasteiger partial charge in [-0.05, 0) is 25.7 Å². The van der Waals surface area contributed by atoms with Gasteiger partial charge in [-0.1, -0.05) is 0 Å². The average Bonchev–Trinajstić information content (AvgIpc) is 3.24. The van der Waals surface area contributed by atoms with Crippen LogP contribution in [0.25, 0.3) is 0 Å². The topological polar surface area (TPSA) is 59.8 Å². The predicted molar refractivity (Wildman–Crippen MR) is 86.8 cm³/mol. The molecule has 3 atom stereocenters. The Morgan fingerprint density at radius 1 is 1.38 bits per heavy atom. The van der Waals surface area contributed by atoms with E-state index in [9.17, 15) is 4.79 Å². The number of aryl methyl sites for hydroxylation is 1. The number of carbonyl (C=O) groups excluding carboxylic acids is 1. The first-order valence-corrected chi connectivity index (χ1v) is 8.98. The molecule has 0 spiro atoms. The highest BCUT2D eigenvalue weighted by Crippen LogP contribution is 2.33. The summed E-state index contributed by atoms with van der Waals surface area (Å²) in [5.74, 6) is 0.0824. The summed E-state index contributed by atoms with van der Waals surface area (Å²) >= 11 is 0. The fourth-order valence-corrected chi connectivity index (χ4v) is 4.18. The lowest BCUT2D eigenvalue weighted by Crippen LogP contribution is -2.53. The van der Waals surface area contributed by atoms with Crippen LogP contribution in [-0.2, 0) is 28.0 Å². The van der Waals surface area contributed by atoms with Gasteiger partial charge in [0.2, 0.25) is 0 Å². The molecule has 3 saturated heterocycles. The van der Waals surface area contributed by atoms with Crippen molar-refractivity contribution in [2.45, 2.75) is 44.4 Å². The summed E-state index contributed by atoms with van der Waals surface area (Å²) in [6.45, 7) is 3.76. The number of hydrogen-bond acceptors (Lipinski definition) is 5. The molecule has 0 aliphatic carbocycles. The van der Waals surface area contributed by atoms with Crippen LogP contribution in [0.2, 0.25) is 0 Å². The van der Waals surface area contributed by atoms with Crippen molar-refractivity contribution in [3.63, 3.8) is 0 Å². The second kappa shape index (κ2) is 6.82. The number of rotatable bonds is 3. The summed E-state index contributed by atoms with van der Waals surface area (Å²) in [4.78, 5) is 20.8. The van der Waals surface area contributed by atoms with Crippen LogP contribution in [0.1, 0.15) is 31.2 Å². The second-order valence-electron chi connectivity index (χ2n) is 7.13. The van der Waals surface area contributed by atoms with Gasteiger partial charge >= 0.3 is 0 Å². The van der Waals surface area contributed by atoms with E-state index in [0.29, 0.717) is 19.2 Å². The quantitative estimate of drug-likeness (QED) is 0.824. The number of hydroxylamine groups is 2. The fourth-order valence-electron chi connectivity index (χ4n) is 4.18. The third-order valence-corrected chi connectivity index (χ3v) is 5.36. The average molecular weight is 334 g/mol. The minimum atomic E-state index is -0.0425. The van der Waals surface area contributed by atoms with Gasteiger partial charge in [-0.2, -0.15) is 5.10 Å². The first-order chi connectivity index (χ1) is 11.7. The molecule has 0 unspecified atom stereocenters. The molecule has 0 saturated carbocycles. The van der Waals surface area contributed by atoms with Crippen LogP contribution in [0.15, 0.2) is 12.4 Å². The molecule has 24 heavy (non-hydrogen) atoms. The number of aromatic nitrogens is 2. The summed E-state index contributed by atoms with van der Waals surface area (Å²) in [6.07, 6.45) is 8.04. The number of likely N-dealkylation sites (tertiary alicyclic amines) is 1. The van der Waals surface area contributed by atoms with Crippen LogP contribution >= 0.6 is 0 Å². The van der Waals surface area contributed by atoms with Gasteiger partial charge in [-0.15, -0.1) is 0 Å². The van der Waals surface area contributed by atoms with Crippen molar-refractivity contribution in [1.82, 2.24) is 19.7 Å². The number of hydrogen-bond donors (Lipinski definition) is 0. The number of amides is 1. The maximum absolute atomic E-state index is 12.8. The largest absolute Gasteiger partial charge is 0.377 e. The molecule has 0 radical (unpaired) electrons. The summed E-state index contributed by atoms with van der Waals surface area (Å²) in [6, 6.07) is 0.413. The number of piperidine rings is 1. The van der Waals surface area contributed by atoms with E-state index in [2.05, 4.69) is 10.00 Å². The Morgan fingerprint density at radius 3 is 3.04 bits per heavy atom. The number of nitrogens with zero attached hydrogens (tertiary/aromatic N) is 4. The van der Waals surface area contributed by atoms with E-state index in [1.54, 1.807) is 5.06 Å². The van der Waals surface area contributed by atoms with Gasteiger partial charge in [0.1, 0.15) is 0 Å². The van der Waals surface area contributed by atoms with E-state index in [-0.39, 0.29) is 17.9 Å². The molecular weight excluding hydrogens is 308 g/mol. The Morgan fingerprint density at radius 2 is 2.29 bits per heavy atom. The zero-order valence-corrected chi connectivity index (χ0v) is 14.3. The van der Waals surface area contributed by atoms with Crippen molar-refractivity contribution in [2.75, 3.05) is 26.3 Å². The molecule has 4 heterocycles. The Labute approximate surface area is 142 Å². The minimum Gasteiger partial charge on any atom is -0.377 e. The highest BCUT2D eigenvalue weighted by Gasteiger charge is 2.43. The van der Waals surface area contributed by atoms with Gasteiger partial charge in [-0.3, -0.25) is 19.2 Å². The van der Waals surface area contributed by atoms with E-state index in [1.807, 2.05) is 24.1 Å². The minimum absolute atomic E-state index is 0.0425. The Kier molecular flexibility index (Phi) is 4.56. The molecule has 0 N–H and O–H groups in total. The Bertz CT molecular complexity index is 584. The molecule has 3 fully saturated rings. The van der Waals surface area contributed by atoms with Crippen LogP contribution in [0.5, 0.6) is 0 Å². The molecule has 7 nitrogen and oxygen atoms in total. The first-order valence-electron chi connectivity index (χ1n) is 8.98. The normalized spacial score (nSPS) is 31.2. The lowest BCUT2D eigenvalue weighted by atomic mass is 9.89. The van der Waals surface area contributed by atoms with E-state index in [1.165, 1.54) is 5.56 Å². The highest BCUT2D eigenvalue weighted by atomic mass is 16.7. The molecule has 3 aliphatic heterocycles. The maximum atomic E-state index is 12.8. The van der Waals surface area contributed by atoms with Gasteiger partial charge in [0.05, 0.1) is 24.8 Å². The summed E-state index contributed by atoms with van der Waals surface area (Å²) < 4.78 is 7.75. The van der Waals surface area contributed by atoms with Crippen molar-refractivity contribution in [1.29, 1.82) is 0 Å². The Balaban J connectivity index is 1.47. The third kappa shape index (κ3) is 3.20. The SMILES string of the molecule is Cn1cc(CN2C[C@H](C(=O)N3CCCCO3)C[C@H]3OCC[C@H]32)cn1. The standard InChI is InChI=1S/C17H26N4O3/c1-19-10-13(9-18-19)11-20-12-14(8-16-15(20)4-7-23-16)17(22)21-5-2-3-6-24-21/h9-10,14-16H,2-8,11-12H2,1H3/t14-,15-,16-/m1/s1. The highest BCUT2D eigenvalue weighted by molar-refractivity contribution is 5.78. The first kappa shape index (κ1) is 16.1. The fraction of sp³-hybridized carbons (Fsp3) is 0.765. The summed E-state index contributed by atoms with van der Waals surface area (Å²) in [5, 5.41) is 5.85. The lowest BCUT2D eigenvalue weighted by Gasteiger charge is -2.41. The molecule has 4 rings (SSSR count). The van der Waals surface area contributed by atoms with Crippen molar-refractivity contribution in [3.8, 4) is 0 Å². The summed E-state index contributed by atoms with van der Waals surface area (Å²) in [7, 11) is 1.93. The number of ether oxygens (including phenoxy) is 1. The molecule has 1 amide bonds. The molecule has 7 heteroatoms. The molecule has 0 bridgehead atoms. The summed E-state index contributed by atoms with van der Waals surface area (Å²) in [5.41, 5.74) is 1.19. The molecule has 1 aromatic rings. The van der Waals surface area contributed by atoms with Gasteiger partial charge in [0.15, 0.2) is 0 Å². The van der Waals surface area contributed by atoms with Crippen molar-refractivity contribution >= 4 is 5.91 Å². The van der Waals surface area contributed by atoms with Crippen molar-refractivity contribution in [2.24, 2.45) is 13.0 Å². The van der Waals surface area contributed by atoms with Crippen molar-refractivity contribution in [3.05, 3.63) is 18.0 Å². The zero-order valence-electron chi connectivity index (χ0n) is 14.3. The number of fused-ring (bicyclic) bond motifs is 1. The van der Waals surface area contributed by atoms with Crippen LogP contribution in [0.3, 0.4) is 0 Å². The van der Waals surface area contributed by atoms with Crippen LogP contribution in [-0.4, -0.2) is 64.1 Å². The predicted octanol–water partition coefficient (Wildman–Crippen LogP) is 0.953. The van der Waals surface area contributed by atoms with Crippen LogP contribution in [0, 0.1) is 5.92 Å².